The first kappa shape index (κ1) is 10.2. The van der Waals surface area contributed by atoms with Gasteiger partial charge in [-0.2, -0.15) is 5.26 Å². The van der Waals surface area contributed by atoms with E-state index < -0.39 is 23.4 Å². The van der Waals surface area contributed by atoms with Crippen molar-refractivity contribution in [2.45, 2.75) is 6.43 Å². The van der Waals surface area contributed by atoms with Crippen molar-refractivity contribution >= 4 is 22.6 Å². The van der Waals surface area contributed by atoms with Gasteiger partial charge in [0.2, 0.25) is 0 Å². The standard InChI is InChI=1S/C7H2F3IN2/c8-5-3(1-12)7(11)13-2-4(5)6(9)10/h2,6H. The largest absolute Gasteiger partial charge is 0.268 e. The van der Waals surface area contributed by atoms with E-state index in [1.54, 1.807) is 22.6 Å². The summed E-state index contributed by atoms with van der Waals surface area (Å²) in [6, 6.07) is 1.48. The van der Waals surface area contributed by atoms with E-state index in [0.29, 0.717) is 0 Å². The van der Waals surface area contributed by atoms with Gasteiger partial charge < -0.3 is 0 Å². The molecule has 0 radical (unpaired) electrons. The van der Waals surface area contributed by atoms with Crippen LogP contribution in [0.1, 0.15) is 17.6 Å². The highest BCUT2D eigenvalue weighted by atomic mass is 127. The quantitative estimate of drug-likeness (QED) is 0.590. The summed E-state index contributed by atoms with van der Waals surface area (Å²) < 4.78 is 37.3. The van der Waals surface area contributed by atoms with Crippen molar-refractivity contribution in [3.63, 3.8) is 0 Å². The molecule has 1 rings (SSSR count). The van der Waals surface area contributed by atoms with Gasteiger partial charge in [-0.1, -0.05) is 0 Å². The SMILES string of the molecule is N#Cc1c(I)ncc(C(F)F)c1F. The predicted octanol–water partition coefficient (Wildman–Crippen LogP) is 2.63. The van der Waals surface area contributed by atoms with Gasteiger partial charge in [-0.25, -0.2) is 18.2 Å². The molecule has 1 heterocycles. The lowest BCUT2D eigenvalue weighted by Crippen LogP contribution is -1.99. The van der Waals surface area contributed by atoms with Crippen molar-refractivity contribution in [3.05, 3.63) is 26.8 Å². The van der Waals surface area contributed by atoms with Crippen molar-refractivity contribution < 1.29 is 13.2 Å². The maximum Gasteiger partial charge on any atom is 0.268 e. The molecule has 0 saturated carbocycles. The summed E-state index contributed by atoms with van der Waals surface area (Å²) in [5.74, 6) is -1.18. The molecule has 0 aliphatic heterocycles. The Labute approximate surface area is 85.5 Å². The highest BCUT2D eigenvalue weighted by Gasteiger charge is 2.19. The van der Waals surface area contributed by atoms with Crippen LogP contribution in [0.5, 0.6) is 0 Å². The molecule has 0 amide bonds. The van der Waals surface area contributed by atoms with E-state index in [-0.39, 0.29) is 3.70 Å². The molecule has 0 spiro atoms. The summed E-state index contributed by atoms with van der Waals surface area (Å²) in [6.07, 6.45) is -2.21. The lowest BCUT2D eigenvalue weighted by Gasteiger charge is -2.02. The number of nitriles is 1. The first-order valence-corrected chi connectivity index (χ1v) is 4.18. The summed E-state index contributed by atoms with van der Waals surface area (Å²) in [5, 5.41) is 8.43. The van der Waals surface area contributed by atoms with Crippen LogP contribution in [0.2, 0.25) is 0 Å². The Morgan fingerprint density at radius 1 is 1.54 bits per heavy atom. The first-order chi connectivity index (χ1) is 6.07. The Bertz CT molecular complexity index is 373. The van der Waals surface area contributed by atoms with Crippen molar-refractivity contribution in [3.8, 4) is 6.07 Å². The number of nitrogens with zero attached hydrogens (tertiary/aromatic N) is 2. The minimum atomic E-state index is -2.95. The summed E-state index contributed by atoms with van der Waals surface area (Å²) >= 11 is 1.61. The van der Waals surface area contributed by atoms with Crippen molar-refractivity contribution in [1.29, 1.82) is 5.26 Å². The number of aromatic nitrogens is 1. The van der Waals surface area contributed by atoms with Crippen molar-refractivity contribution in [2.24, 2.45) is 0 Å². The van der Waals surface area contributed by atoms with Crippen LogP contribution >= 0.6 is 22.6 Å². The molecule has 2 nitrogen and oxygen atoms in total. The van der Waals surface area contributed by atoms with E-state index in [0.717, 1.165) is 6.20 Å². The predicted molar refractivity (Wildman–Crippen MR) is 46.6 cm³/mol. The molecule has 0 N–H and O–H groups in total. The second-order valence-corrected chi connectivity index (χ2v) is 3.13. The summed E-state index contributed by atoms with van der Waals surface area (Å²) in [5.41, 5.74) is -1.27. The Morgan fingerprint density at radius 3 is 2.62 bits per heavy atom. The number of hydrogen-bond acceptors (Lipinski definition) is 2. The maximum absolute atomic E-state index is 13.0. The van der Waals surface area contributed by atoms with Gasteiger partial charge >= 0.3 is 0 Å². The molecule has 0 atom stereocenters. The maximum atomic E-state index is 13.0. The molecule has 0 unspecified atom stereocenters. The molecule has 0 aliphatic carbocycles. The molecule has 0 fully saturated rings. The molecule has 1 aromatic heterocycles. The Kier molecular flexibility index (Phi) is 3.08. The average Bonchev–Trinajstić information content (AvgIpc) is 2.04. The van der Waals surface area contributed by atoms with Crippen LogP contribution in [-0.2, 0) is 0 Å². The van der Waals surface area contributed by atoms with Crippen LogP contribution in [0.3, 0.4) is 0 Å². The van der Waals surface area contributed by atoms with Gasteiger partial charge in [-0.05, 0) is 22.6 Å². The number of alkyl halides is 2. The van der Waals surface area contributed by atoms with Gasteiger partial charge in [-0.3, -0.25) is 0 Å². The van der Waals surface area contributed by atoms with E-state index in [9.17, 15) is 13.2 Å². The molecule has 1 aromatic rings. The lowest BCUT2D eigenvalue weighted by molar-refractivity contribution is 0.145. The minimum absolute atomic E-state index is 0.0852. The lowest BCUT2D eigenvalue weighted by atomic mass is 10.2. The molecule has 0 aromatic carbocycles. The smallest absolute Gasteiger partial charge is 0.248 e. The Balaban J connectivity index is 3.38. The van der Waals surface area contributed by atoms with E-state index >= 15 is 0 Å². The molecule has 0 aliphatic rings. The zero-order valence-corrected chi connectivity index (χ0v) is 8.22. The van der Waals surface area contributed by atoms with Crippen LogP contribution in [0, 0.1) is 20.8 Å². The van der Waals surface area contributed by atoms with Crippen LogP contribution < -0.4 is 0 Å². The van der Waals surface area contributed by atoms with E-state index in [4.69, 9.17) is 5.26 Å². The molecule has 0 saturated heterocycles. The van der Waals surface area contributed by atoms with Gasteiger partial charge in [0.1, 0.15) is 15.3 Å². The third-order valence-electron chi connectivity index (χ3n) is 1.34. The number of halogens is 4. The zero-order chi connectivity index (χ0) is 10.0. The number of hydrogen-bond donors (Lipinski definition) is 0. The fourth-order valence-electron chi connectivity index (χ4n) is 0.730. The fraction of sp³-hybridized carbons (Fsp3) is 0.143. The molecule has 13 heavy (non-hydrogen) atoms. The van der Waals surface area contributed by atoms with Gasteiger partial charge in [-0.15, -0.1) is 0 Å². The summed E-state index contributed by atoms with van der Waals surface area (Å²) in [4.78, 5) is 3.48. The average molecular weight is 298 g/mol. The normalized spacial score (nSPS) is 10.2. The van der Waals surface area contributed by atoms with Crippen LogP contribution in [-0.4, -0.2) is 4.98 Å². The molecular formula is C7H2F3IN2. The number of pyridine rings is 1. The Morgan fingerprint density at radius 2 is 2.15 bits per heavy atom. The van der Waals surface area contributed by atoms with E-state index in [1.807, 2.05) is 0 Å². The van der Waals surface area contributed by atoms with Gasteiger partial charge in [0.15, 0.2) is 5.82 Å². The third-order valence-corrected chi connectivity index (χ3v) is 2.16. The fourth-order valence-corrected chi connectivity index (χ4v) is 1.23. The molecule has 68 valence electrons. The highest BCUT2D eigenvalue weighted by Crippen LogP contribution is 2.24. The van der Waals surface area contributed by atoms with Gasteiger partial charge in [0, 0.05) is 6.20 Å². The van der Waals surface area contributed by atoms with Crippen molar-refractivity contribution in [1.82, 2.24) is 4.98 Å². The van der Waals surface area contributed by atoms with Gasteiger partial charge in [0.05, 0.1) is 5.56 Å². The Hall–Kier alpha value is -0.840. The highest BCUT2D eigenvalue weighted by molar-refractivity contribution is 14.1. The summed E-state index contributed by atoms with van der Waals surface area (Å²) in [6.45, 7) is 0. The summed E-state index contributed by atoms with van der Waals surface area (Å²) in [7, 11) is 0. The monoisotopic (exact) mass is 298 g/mol. The van der Waals surface area contributed by atoms with Crippen LogP contribution in [0.25, 0.3) is 0 Å². The second-order valence-electron chi connectivity index (χ2n) is 2.11. The van der Waals surface area contributed by atoms with Gasteiger partial charge in [0.25, 0.3) is 6.43 Å². The minimum Gasteiger partial charge on any atom is -0.248 e. The van der Waals surface area contributed by atoms with Crippen LogP contribution in [0.15, 0.2) is 6.20 Å². The third kappa shape index (κ3) is 1.91. The molecule has 0 bridgehead atoms. The van der Waals surface area contributed by atoms with Crippen molar-refractivity contribution in [2.75, 3.05) is 0 Å². The van der Waals surface area contributed by atoms with E-state index in [1.165, 1.54) is 6.07 Å². The zero-order valence-electron chi connectivity index (χ0n) is 6.06. The number of rotatable bonds is 1. The molecular weight excluding hydrogens is 296 g/mol. The van der Waals surface area contributed by atoms with E-state index in [2.05, 4.69) is 4.98 Å². The van der Waals surface area contributed by atoms with Crippen LogP contribution in [0.4, 0.5) is 13.2 Å². The second kappa shape index (κ2) is 3.91. The topological polar surface area (TPSA) is 36.7 Å². The first-order valence-electron chi connectivity index (χ1n) is 3.10. The molecule has 6 heteroatoms.